The number of hydrogen-bond donors (Lipinski definition) is 2. The molecule has 2 rings (SSSR count). The molecule has 2 atom stereocenters. The number of rotatable bonds is 4. The summed E-state index contributed by atoms with van der Waals surface area (Å²) in [6.45, 7) is 3.91. The quantitative estimate of drug-likeness (QED) is 0.790. The first-order valence-corrected chi connectivity index (χ1v) is 6.54. The van der Waals surface area contributed by atoms with Crippen LogP contribution >= 0.6 is 0 Å². The lowest BCUT2D eigenvalue weighted by Gasteiger charge is -2.40. The van der Waals surface area contributed by atoms with Crippen molar-refractivity contribution in [2.24, 2.45) is 5.41 Å². The van der Waals surface area contributed by atoms with E-state index in [1.54, 1.807) is 0 Å². The van der Waals surface area contributed by atoms with Crippen molar-refractivity contribution in [2.45, 2.75) is 63.6 Å². The fraction of sp³-hybridized carbons (Fsp3) is 0.923. The summed E-state index contributed by atoms with van der Waals surface area (Å²) in [4.78, 5) is 11.8. The predicted molar refractivity (Wildman–Crippen MR) is 62.8 cm³/mol. The van der Waals surface area contributed by atoms with Crippen molar-refractivity contribution < 1.29 is 19.7 Å². The molecule has 0 amide bonds. The zero-order valence-corrected chi connectivity index (χ0v) is 10.7. The summed E-state index contributed by atoms with van der Waals surface area (Å²) in [5.74, 6) is -0.753. The van der Waals surface area contributed by atoms with E-state index in [-0.39, 0.29) is 6.61 Å². The van der Waals surface area contributed by atoms with Gasteiger partial charge in [-0.3, -0.25) is 4.79 Å². The van der Waals surface area contributed by atoms with E-state index in [2.05, 4.69) is 0 Å². The van der Waals surface area contributed by atoms with Crippen molar-refractivity contribution in [3.63, 3.8) is 0 Å². The molecule has 0 radical (unpaired) electrons. The molecule has 1 aliphatic heterocycles. The molecule has 0 unspecified atom stereocenters. The number of hydrogen-bond acceptors (Lipinski definition) is 3. The Morgan fingerprint density at radius 2 is 1.94 bits per heavy atom. The van der Waals surface area contributed by atoms with Crippen LogP contribution in [0.2, 0.25) is 0 Å². The minimum absolute atomic E-state index is 0.0657. The fourth-order valence-corrected chi connectivity index (χ4v) is 4.04. The molecule has 0 aromatic rings. The molecule has 0 aromatic carbocycles. The second kappa shape index (κ2) is 3.95. The molecule has 1 aliphatic carbocycles. The summed E-state index contributed by atoms with van der Waals surface area (Å²) in [6, 6.07) is 0. The third-order valence-electron chi connectivity index (χ3n) is 4.98. The molecular formula is C13H22O4. The fourth-order valence-electron chi connectivity index (χ4n) is 4.04. The molecular weight excluding hydrogens is 220 g/mol. The van der Waals surface area contributed by atoms with Gasteiger partial charge in [-0.1, -0.05) is 13.8 Å². The number of fused-ring (bicyclic) bond motifs is 2. The van der Waals surface area contributed by atoms with Crippen molar-refractivity contribution in [3.8, 4) is 0 Å². The smallest absolute Gasteiger partial charge is 0.312 e. The second-order valence-electron chi connectivity index (χ2n) is 5.56. The van der Waals surface area contributed by atoms with Crippen LogP contribution in [0.25, 0.3) is 0 Å². The van der Waals surface area contributed by atoms with Gasteiger partial charge in [0.25, 0.3) is 0 Å². The zero-order valence-electron chi connectivity index (χ0n) is 10.7. The Hall–Kier alpha value is -0.610. The summed E-state index contributed by atoms with van der Waals surface area (Å²) >= 11 is 0. The Labute approximate surface area is 102 Å². The van der Waals surface area contributed by atoms with Gasteiger partial charge in [0, 0.05) is 0 Å². The van der Waals surface area contributed by atoms with Gasteiger partial charge in [0.1, 0.15) is 0 Å². The van der Waals surface area contributed by atoms with Gasteiger partial charge in [0.2, 0.25) is 0 Å². The Morgan fingerprint density at radius 1 is 1.29 bits per heavy atom. The number of ether oxygens (including phenoxy) is 1. The van der Waals surface area contributed by atoms with E-state index in [4.69, 9.17) is 4.74 Å². The van der Waals surface area contributed by atoms with Gasteiger partial charge in [0.05, 0.1) is 23.2 Å². The Morgan fingerprint density at radius 3 is 2.41 bits per heavy atom. The first-order chi connectivity index (χ1) is 8.00. The van der Waals surface area contributed by atoms with Crippen LogP contribution in [0, 0.1) is 5.41 Å². The Balaban J connectivity index is 2.49. The van der Waals surface area contributed by atoms with Gasteiger partial charge in [0.15, 0.2) is 0 Å². The summed E-state index contributed by atoms with van der Waals surface area (Å²) in [6.07, 6.45) is 4.13. The molecule has 17 heavy (non-hydrogen) atoms. The largest absolute Gasteiger partial charge is 0.481 e. The van der Waals surface area contributed by atoms with Gasteiger partial charge < -0.3 is 14.9 Å². The molecule has 2 fully saturated rings. The van der Waals surface area contributed by atoms with Crippen LogP contribution in [0.5, 0.6) is 0 Å². The minimum atomic E-state index is -0.794. The van der Waals surface area contributed by atoms with Crippen LogP contribution in [0.4, 0.5) is 0 Å². The summed E-state index contributed by atoms with van der Waals surface area (Å²) in [5, 5.41) is 19.2. The molecule has 1 saturated carbocycles. The average molecular weight is 242 g/mol. The lowest BCUT2D eigenvalue weighted by Crippen LogP contribution is -2.49. The third-order valence-corrected chi connectivity index (χ3v) is 4.98. The molecule has 2 aliphatic rings. The second-order valence-corrected chi connectivity index (χ2v) is 5.56. The number of aliphatic carboxylic acids is 1. The van der Waals surface area contributed by atoms with Crippen molar-refractivity contribution in [1.82, 2.24) is 0 Å². The van der Waals surface area contributed by atoms with Gasteiger partial charge in [-0.15, -0.1) is 0 Å². The van der Waals surface area contributed by atoms with E-state index in [0.29, 0.717) is 25.7 Å². The highest BCUT2D eigenvalue weighted by Crippen LogP contribution is 2.61. The van der Waals surface area contributed by atoms with E-state index in [1.165, 1.54) is 0 Å². The van der Waals surface area contributed by atoms with Gasteiger partial charge in [-0.05, 0) is 38.5 Å². The number of aliphatic hydroxyl groups is 1. The zero-order chi connectivity index (χ0) is 12.7. The predicted octanol–water partition coefficient (Wildman–Crippen LogP) is 1.95. The monoisotopic (exact) mass is 242 g/mol. The Bertz CT molecular complexity index is 323. The number of carbonyl (C=O) groups is 1. The van der Waals surface area contributed by atoms with E-state index in [1.807, 2.05) is 13.8 Å². The minimum Gasteiger partial charge on any atom is -0.481 e. The number of carboxylic acids is 1. The van der Waals surface area contributed by atoms with Crippen LogP contribution < -0.4 is 0 Å². The van der Waals surface area contributed by atoms with Crippen molar-refractivity contribution in [3.05, 3.63) is 0 Å². The normalized spacial score (nSPS) is 39.2. The van der Waals surface area contributed by atoms with Gasteiger partial charge in [-0.2, -0.15) is 0 Å². The van der Waals surface area contributed by atoms with E-state index in [0.717, 1.165) is 12.8 Å². The standard InChI is InChI=1S/C13H22O4/c1-3-13(4-2)12(10(15)16)7-5-6-11(8-12,9-14)17-13/h14H,3-9H2,1-2H3,(H,15,16)/t11-,12+/m1/s1. The highest BCUT2D eigenvalue weighted by molar-refractivity contribution is 5.77. The summed E-state index contributed by atoms with van der Waals surface area (Å²) in [7, 11) is 0. The van der Waals surface area contributed by atoms with Crippen LogP contribution in [0.3, 0.4) is 0 Å². The lowest BCUT2D eigenvalue weighted by molar-refractivity contribution is -0.169. The van der Waals surface area contributed by atoms with E-state index in [9.17, 15) is 15.0 Å². The maximum atomic E-state index is 11.8. The van der Waals surface area contributed by atoms with E-state index >= 15 is 0 Å². The summed E-state index contributed by atoms with van der Waals surface area (Å²) < 4.78 is 6.14. The average Bonchev–Trinajstić information content (AvgIpc) is 2.56. The highest BCUT2D eigenvalue weighted by atomic mass is 16.5. The van der Waals surface area contributed by atoms with Crippen LogP contribution in [-0.2, 0) is 9.53 Å². The molecule has 2 bridgehead atoms. The maximum absolute atomic E-state index is 11.8. The lowest BCUT2D eigenvalue weighted by atomic mass is 9.61. The maximum Gasteiger partial charge on any atom is 0.312 e. The molecule has 4 nitrogen and oxygen atoms in total. The molecule has 0 aromatic heterocycles. The highest BCUT2D eigenvalue weighted by Gasteiger charge is 2.68. The van der Waals surface area contributed by atoms with Gasteiger partial charge in [-0.25, -0.2) is 0 Å². The Kier molecular flexibility index (Phi) is 2.99. The molecule has 4 heteroatoms. The van der Waals surface area contributed by atoms with Gasteiger partial charge >= 0.3 is 5.97 Å². The topological polar surface area (TPSA) is 66.8 Å². The molecule has 1 heterocycles. The van der Waals surface area contributed by atoms with Crippen molar-refractivity contribution in [2.75, 3.05) is 6.61 Å². The van der Waals surface area contributed by atoms with Crippen LogP contribution in [0.15, 0.2) is 0 Å². The number of aliphatic hydroxyl groups excluding tert-OH is 1. The SMILES string of the molecule is CCC1(CC)O[C@]2(CO)CCC[C@@]1(C(=O)O)C2. The first-order valence-electron chi connectivity index (χ1n) is 6.54. The van der Waals surface area contributed by atoms with Crippen LogP contribution in [0.1, 0.15) is 52.4 Å². The third kappa shape index (κ3) is 1.47. The number of carboxylic acid groups (broad SMARTS) is 1. The molecule has 98 valence electrons. The molecule has 0 spiro atoms. The first kappa shape index (κ1) is 12.8. The van der Waals surface area contributed by atoms with Crippen molar-refractivity contribution in [1.29, 1.82) is 0 Å². The van der Waals surface area contributed by atoms with Crippen LogP contribution in [-0.4, -0.2) is 34.0 Å². The summed E-state index contributed by atoms with van der Waals surface area (Å²) in [5.41, 5.74) is -2.00. The molecule has 2 N–H and O–H groups in total. The molecule has 1 saturated heterocycles. The van der Waals surface area contributed by atoms with Crippen molar-refractivity contribution >= 4 is 5.97 Å². The van der Waals surface area contributed by atoms with E-state index < -0.39 is 22.6 Å².